The topological polar surface area (TPSA) is 104 Å². The third-order valence-electron chi connectivity index (χ3n) is 4.00. The van der Waals surface area contributed by atoms with Crippen molar-refractivity contribution < 1.29 is 21.9 Å². The molecule has 2 N–H and O–H groups in total. The number of aliphatic hydroxyl groups excluding tert-OH is 1. The molecule has 0 heterocycles. The van der Waals surface area contributed by atoms with Crippen LogP contribution in [0.4, 0.5) is 0 Å². The molecule has 0 aromatic heterocycles. The summed E-state index contributed by atoms with van der Waals surface area (Å²) in [6.07, 6.45) is 1.05. The lowest BCUT2D eigenvalue weighted by molar-refractivity contribution is 0.186. The summed E-state index contributed by atoms with van der Waals surface area (Å²) in [4.78, 5) is 0.130. The number of rotatable bonds is 9. The molecule has 0 aliphatic heterocycles. The fraction of sp³-hybridized carbons (Fsp3) is 0.625. The number of aryl methyl sites for hydroxylation is 1. The predicted octanol–water partition coefficient (Wildman–Crippen LogP) is 0.940. The van der Waals surface area contributed by atoms with Crippen molar-refractivity contribution in [3.63, 3.8) is 0 Å². The zero-order valence-corrected chi connectivity index (χ0v) is 16.9. The molecule has 9 heteroatoms. The molecule has 0 amide bonds. The minimum absolute atomic E-state index is 0.0523. The molecule has 0 fully saturated rings. The fourth-order valence-corrected chi connectivity index (χ4v) is 4.82. The van der Waals surface area contributed by atoms with Crippen LogP contribution in [0, 0.1) is 12.8 Å². The van der Waals surface area contributed by atoms with Crippen LogP contribution >= 0.6 is 0 Å². The van der Waals surface area contributed by atoms with Crippen LogP contribution in [0.1, 0.15) is 26.3 Å². The summed E-state index contributed by atoms with van der Waals surface area (Å²) in [6.45, 7) is 6.67. The maximum Gasteiger partial charge on any atom is 0.240 e. The van der Waals surface area contributed by atoms with Crippen LogP contribution in [0.5, 0.6) is 0 Å². The Morgan fingerprint density at radius 3 is 2.00 bits per heavy atom. The van der Waals surface area contributed by atoms with Crippen molar-refractivity contribution >= 4 is 20.0 Å². The number of sulfonamides is 2. The highest BCUT2D eigenvalue weighted by molar-refractivity contribution is 7.89. The Morgan fingerprint density at radius 2 is 1.60 bits per heavy atom. The quantitative estimate of drug-likeness (QED) is 0.651. The van der Waals surface area contributed by atoms with Crippen molar-refractivity contribution in [2.75, 3.05) is 19.4 Å². The van der Waals surface area contributed by atoms with Gasteiger partial charge in [0.05, 0.1) is 17.8 Å². The number of aliphatic hydroxyl groups is 1. The van der Waals surface area contributed by atoms with Crippen molar-refractivity contribution in [2.24, 2.45) is 5.92 Å². The SMILES string of the molecule is Cc1ccc(S(=O)(=O)N[C@H](CN([C@@H](C)CO)S(C)(=O)=O)C(C)C)cc1. The van der Waals surface area contributed by atoms with Crippen LogP contribution in [0.3, 0.4) is 0 Å². The van der Waals surface area contributed by atoms with Crippen molar-refractivity contribution in [2.45, 2.75) is 44.7 Å². The molecular formula is C16H28N2O5S2. The van der Waals surface area contributed by atoms with Gasteiger partial charge in [0.15, 0.2) is 0 Å². The van der Waals surface area contributed by atoms with Gasteiger partial charge in [-0.2, -0.15) is 4.31 Å². The first-order chi connectivity index (χ1) is 11.4. The Kier molecular flexibility index (Phi) is 7.57. The largest absolute Gasteiger partial charge is 0.395 e. The Bertz CT molecular complexity index is 758. The molecule has 2 atom stereocenters. The Balaban J connectivity index is 3.09. The molecule has 0 aliphatic rings. The smallest absolute Gasteiger partial charge is 0.240 e. The minimum Gasteiger partial charge on any atom is -0.395 e. The Morgan fingerprint density at radius 1 is 1.08 bits per heavy atom. The van der Waals surface area contributed by atoms with Gasteiger partial charge in [0.1, 0.15) is 0 Å². The zero-order valence-electron chi connectivity index (χ0n) is 15.3. The Labute approximate surface area is 151 Å². The molecule has 0 saturated heterocycles. The lowest BCUT2D eigenvalue weighted by Crippen LogP contribution is -2.51. The molecule has 144 valence electrons. The third kappa shape index (κ3) is 6.34. The zero-order chi connectivity index (χ0) is 19.4. The van der Waals surface area contributed by atoms with Gasteiger partial charge < -0.3 is 5.11 Å². The molecule has 1 aromatic carbocycles. The van der Waals surface area contributed by atoms with Crippen LogP contribution in [-0.4, -0.2) is 57.7 Å². The summed E-state index contributed by atoms with van der Waals surface area (Å²) >= 11 is 0. The second kappa shape index (κ2) is 8.59. The number of benzene rings is 1. The van der Waals surface area contributed by atoms with Gasteiger partial charge in [-0.15, -0.1) is 0 Å². The van der Waals surface area contributed by atoms with Crippen molar-refractivity contribution in [1.29, 1.82) is 0 Å². The monoisotopic (exact) mass is 392 g/mol. The summed E-state index contributed by atoms with van der Waals surface area (Å²) in [5, 5.41) is 9.31. The summed E-state index contributed by atoms with van der Waals surface area (Å²) in [5.74, 6) is -0.143. The minimum atomic E-state index is -3.78. The van der Waals surface area contributed by atoms with E-state index in [0.717, 1.165) is 16.1 Å². The lowest BCUT2D eigenvalue weighted by Gasteiger charge is -2.31. The van der Waals surface area contributed by atoms with Gasteiger partial charge in [0, 0.05) is 18.6 Å². The highest BCUT2D eigenvalue weighted by Crippen LogP contribution is 2.16. The lowest BCUT2D eigenvalue weighted by atomic mass is 10.1. The van der Waals surface area contributed by atoms with Crippen LogP contribution in [0.15, 0.2) is 29.2 Å². The Hall–Kier alpha value is -1.00. The molecular weight excluding hydrogens is 364 g/mol. The van der Waals surface area contributed by atoms with E-state index in [9.17, 15) is 21.9 Å². The summed E-state index contributed by atoms with van der Waals surface area (Å²) in [5.41, 5.74) is 0.944. The molecule has 0 bridgehead atoms. The first-order valence-electron chi connectivity index (χ1n) is 8.05. The first kappa shape index (κ1) is 22.0. The van der Waals surface area contributed by atoms with Gasteiger partial charge in [-0.3, -0.25) is 0 Å². The summed E-state index contributed by atoms with van der Waals surface area (Å²) < 4.78 is 52.9. The predicted molar refractivity (Wildman–Crippen MR) is 98.2 cm³/mol. The fourth-order valence-electron chi connectivity index (χ4n) is 2.30. The molecule has 0 radical (unpaired) electrons. The number of hydrogen-bond donors (Lipinski definition) is 2. The third-order valence-corrected chi connectivity index (χ3v) is 6.87. The van der Waals surface area contributed by atoms with Gasteiger partial charge in [0.25, 0.3) is 0 Å². The van der Waals surface area contributed by atoms with E-state index in [1.807, 2.05) is 20.8 Å². The van der Waals surface area contributed by atoms with E-state index < -0.39 is 32.1 Å². The van der Waals surface area contributed by atoms with Gasteiger partial charge in [0.2, 0.25) is 20.0 Å². The van der Waals surface area contributed by atoms with Crippen LogP contribution in [0.2, 0.25) is 0 Å². The van der Waals surface area contributed by atoms with E-state index in [4.69, 9.17) is 0 Å². The highest BCUT2D eigenvalue weighted by atomic mass is 32.2. The number of hydrogen-bond acceptors (Lipinski definition) is 5. The van der Waals surface area contributed by atoms with E-state index in [-0.39, 0.29) is 24.0 Å². The standard InChI is InChI=1S/C16H28N2O5S2/c1-12(2)16(10-18(14(4)11-19)24(5,20)21)17-25(22,23)15-8-6-13(3)7-9-15/h6-9,12,14,16-17,19H,10-11H2,1-5H3/t14-,16+/m0/s1. The van der Waals surface area contributed by atoms with Gasteiger partial charge >= 0.3 is 0 Å². The van der Waals surface area contributed by atoms with Crippen molar-refractivity contribution in [3.8, 4) is 0 Å². The van der Waals surface area contributed by atoms with E-state index in [0.29, 0.717) is 0 Å². The van der Waals surface area contributed by atoms with E-state index in [2.05, 4.69) is 4.72 Å². The number of nitrogens with zero attached hydrogens (tertiary/aromatic N) is 1. The molecule has 0 saturated carbocycles. The van der Waals surface area contributed by atoms with Gasteiger partial charge in [-0.1, -0.05) is 31.5 Å². The average molecular weight is 393 g/mol. The maximum atomic E-state index is 12.6. The molecule has 7 nitrogen and oxygen atoms in total. The van der Waals surface area contributed by atoms with E-state index >= 15 is 0 Å². The normalized spacial score (nSPS) is 15.5. The van der Waals surface area contributed by atoms with Crippen molar-refractivity contribution in [3.05, 3.63) is 29.8 Å². The average Bonchev–Trinajstić information content (AvgIpc) is 2.49. The van der Waals surface area contributed by atoms with Crippen molar-refractivity contribution in [1.82, 2.24) is 9.03 Å². The molecule has 0 unspecified atom stereocenters. The molecule has 1 aromatic rings. The summed E-state index contributed by atoms with van der Waals surface area (Å²) in [7, 11) is -7.37. The van der Waals surface area contributed by atoms with Crippen LogP contribution in [0.25, 0.3) is 0 Å². The second-order valence-electron chi connectivity index (χ2n) is 6.65. The number of nitrogens with one attached hydrogen (secondary N) is 1. The molecule has 1 rings (SSSR count). The maximum absolute atomic E-state index is 12.6. The molecule has 0 aliphatic carbocycles. The first-order valence-corrected chi connectivity index (χ1v) is 11.4. The molecule has 25 heavy (non-hydrogen) atoms. The highest BCUT2D eigenvalue weighted by Gasteiger charge is 2.30. The molecule has 0 spiro atoms. The van der Waals surface area contributed by atoms with E-state index in [1.165, 1.54) is 12.1 Å². The van der Waals surface area contributed by atoms with E-state index in [1.54, 1.807) is 19.1 Å². The van der Waals surface area contributed by atoms with Gasteiger partial charge in [-0.25, -0.2) is 21.6 Å². The van der Waals surface area contributed by atoms with Crippen LogP contribution < -0.4 is 4.72 Å². The second-order valence-corrected chi connectivity index (χ2v) is 10.3. The van der Waals surface area contributed by atoms with Gasteiger partial charge in [-0.05, 0) is 31.9 Å². The summed E-state index contributed by atoms with van der Waals surface area (Å²) in [6, 6.07) is 5.17. The van der Waals surface area contributed by atoms with Crippen LogP contribution in [-0.2, 0) is 20.0 Å².